The van der Waals surface area contributed by atoms with Crippen LogP contribution in [0.2, 0.25) is 0 Å². The first-order valence-electron chi connectivity index (χ1n) is 9.74. The fourth-order valence-corrected chi connectivity index (χ4v) is 4.20. The van der Waals surface area contributed by atoms with Gasteiger partial charge in [-0.2, -0.15) is 0 Å². The van der Waals surface area contributed by atoms with Crippen molar-refractivity contribution in [2.45, 2.75) is 58.3 Å². The van der Waals surface area contributed by atoms with Gasteiger partial charge in [0.05, 0.1) is 12.8 Å². The highest BCUT2D eigenvalue weighted by atomic mass is 16.5. The number of aryl methyl sites for hydroxylation is 1. The normalized spacial score (nSPS) is 20.4. The van der Waals surface area contributed by atoms with Gasteiger partial charge in [0.2, 0.25) is 0 Å². The topological polar surface area (TPSA) is 35.0 Å². The van der Waals surface area contributed by atoms with E-state index >= 15 is 0 Å². The van der Waals surface area contributed by atoms with Crippen molar-refractivity contribution < 1.29 is 4.74 Å². The Labute approximate surface area is 151 Å². The maximum atomic E-state index is 5.52. The summed E-state index contributed by atoms with van der Waals surface area (Å²) in [4.78, 5) is 8.84. The molecule has 0 saturated heterocycles. The van der Waals surface area contributed by atoms with E-state index in [0.717, 1.165) is 35.3 Å². The number of nitrogens with zero attached hydrogens (tertiary/aromatic N) is 2. The molecule has 1 heterocycles. The minimum absolute atomic E-state index is 0.860. The van der Waals surface area contributed by atoms with Crippen LogP contribution in [-0.2, 0) is 6.42 Å². The highest BCUT2D eigenvalue weighted by Gasteiger charge is 2.21. The van der Waals surface area contributed by atoms with Gasteiger partial charge in [0.15, 0.2) is 0 Å². The molecule has 1 saturated carbocycles. The number of aromatic nitrogens is 2. The molecule has 1 aliphatic rings. The Balaban J connectivity index is 1.66. The Kier molecular flexibility index (Phi) is 6.43. The molecule has 1 aromatic carbocycles. The molecule has 3 heteroatoms. The molecular formula is C22H30N2O. The third kappa shape index (κ3) is 4.59. The van der Waals surface area contributed by atoms with Gasteiger partial charge in [0, 0.05) is 11.8 Å². The maximum absolute atomic E-state index is 5.52. The van der Waals surface area contributed by atoms with Crippen molar-refractivity contribution in [2.75, 3.05) is 7.11 Å². The van der Waals surface area contributed by atoms with Crippen molar-refractivity contribution in [2.24, 2.45) is 11.8 Å². The zero-order valence-electron chi connectivity index (χ0n) is 15.6. The van der Waals surface area contributed by atoms with Crippen LogP contribution in [-0.4, -0.2) is 17.1 Å². The predicted octanol–water partition coefficient (Wildman–Crippen LogP) is 5.69. The predicted molar refractivity (Wildman–Crippen MR) is 103 cm³/mol. The number of methoxy groups -OCH3 is 1. The minimum atomic E-state index is 0.860. The van der Waals surface area contributed by atoms with Crippen LogP contribution in [0.1, 0.15) is 57.4 Å². The molecule has 0 radical (unpaired) electrons. The van der Waals surface area contributed by atoms with E-state index in [1.807, 2.05) is 24.4 Å². The van der Waals surface area contributed by atoms with E-state index in [0.29, 0.717) is 0 Å². The maximum Gasteiger partial charge on any atom is 0.128 e. The van der Waals surface area contributed by atoms with Gasteiger partial charge in [0.1, 0.15) is 12.1 Å². The second-order valence-corrected chi connectivity index (χ2v) is 7.31. The summed E-state index contributed by atoms with van der Waals surface area (Å²) < 4.78 is 5.52. The Morgan fingerprint density at radius 1 is 1.04 bits per heavy atom. The molecule has 0 atom stereocenters. The highest BCUT2D eigenvalue weighted by molar-refractivity contribution is 5.69. The third-order valence-electron chi connectivity index (χ3n) is 5.64. The average molecular weight is 338 g/mol. The number of benzene rings is 1. The lowest BCUT2D eigenvalue weighted by Gasteiger charge is -2.28. The smallest absolute Gasteiger partial charge is 0.128 e. The Morgan fingerprint density at radius 3 is 2.48 bits per heavy atom. The van der Waals surface area contributed by atoms with Crippen LogP contribution in [0.5, 0.6) is 5.75 Å². The number of para-hydroxylation sites is 1. The van der Waals surface area contributed by atoms with E-state index in [1.54, 1.807) is 13.4 Å². The molecule has 25 heavy (non-hydrogen) atoms. The first kappa shape index (κ1) is 17.9. The largest absolute Gasteiger partial charge is 0.496 e. The molecule has 0 amide bonds. The number of hydrogen-bond donors (Lipinski definition) is 0. The van der Waals surface area contributed by atoms with Crippen LogP contribution in [0.3, 0.4) is 0 Å². The van der Waals surface area contributed by atoms with Crippen molar-refractivity contribution in [1.29, 1.82) is 0 Å². The lowest BCUT2D eigenvalue weighted by atomic mass is 9.78. The monoisotopic (exact) mass is 338 g/mol. The van der Waals surface area contributed by atoms with Gasteiger partial charge >= 0.3 is 0 Å². The summed E-state index contributed by atoms with van der Waals surface area (Å²) in [6, 6.07) is 8.12. The summed E-state index contributed by atoms with van der Waals surface area (Å²) in [7, 11) is 1.72. The molecule has 0 N–H and O–H groups in total. The van der Waals surface area contributed by atoms with Gasteiger partial charge in [0.25, 0.3) is 0 Å². The van der Waals surface area contributed by atoms with Crippen molar-refractivity contribution >= 4 is 0 Å². The first-order chi connectivity index (χ1) is 12.3. The van der Waals surface area contributed by atoms with E-state index in [-0.39, 0.29) is 0 Å². The first-order valence-corrected chi connectivity index (χ1v) is 9.74. The van der Waals surface area contributed by atoms with Crippen LogP contribution < -0.4 is 4.74 Å². The van der Waals surface area contributed by atoms with Gasteiger partial charge in [-0.15, -0.1) is 0 Å². The zero-order chi connectivity index (χ0) is 17.5. The van der Waals surface area contributed by atoms with Gasteiger partial charge in [-0.3, -0.25) is 0 Å². The van der Waals surface area contributed by atoms with E-state index in [2.05, 4.69) is 23.0 Å². The quantitative estimate of drug-likeness (QED) is 0.650. The van der Waals surface area contributed by atoms with Crippen molar-refractivity contribution in [3.8, 4) is 17.0 Å². The lowest BCUT2D eigenvalue weighted by Crippen LogP contribution is -2.15. The van der Waals surface area contributed by atoms with E-state index in [4.69, 9.17) is 4.74 Å². The van der Waals surface area contributed by atoms with Crippen molar-refractivity contribution in [3.63, 3.8) is 0 Å². The molecule has 0 unspecified atom stereocenters. The summed E-state index contributed by atoms with van der Waals surface area (Å²) in [5.74, 6) is 2.71. The standard InChI is InChI=1S/C22H30N2O/c1-3-6-17-9-11-18(12-10-17)13-14-19-15-23-16-24-22(19)20-7-4-5-8-21(20)25-2/h4-5,7-8,15-18H,3,6,9-14H2,1-2H3. The third-order valence-corrected chi connectivity index (χ3v) is 5.64. The van der Waals surface area contributed by atoms with Crippen LogP contribution in [0.4, 0.5) is 0 Å². The summed E-state index contributed by atoms with van der Waals surface area (Å²) in [5.41, 5.74) is 3.32. The van der Waals surface area contributed by atoms with Gasteiger partial charge in [-0.05, 0) is 42.4 Å². The molecule has 1 aliphatic carbocycles. The van der Waals surface area contributed by atoms with Crippen LogP contribution in [0.15, 0.2) is 36.8 Å². The van der Waals surface area contributed by atoms with Crippen molar-refractivity contribution in [1.82, 2.24) is 9.97 Å². The molecule has 134 valence electrons. The molecule has 0 aliphatic heterocycles. The minimum Gasteiger partial charge on any atom is -0.496 e. The molecule has 1 fully saturated rings. The lowest BCUT2D eigenvalue weighted by molar-refractivity contribution is 0.252. The molecule has 1 aromatic heterocycles. The molecular weight excluding hydrogens is 308 g/mol. The molecule has 2 aromatic rings. The molecule has 3 rings (SSSR count). The molecule has 0 bridgehead atoms. The van der Waals surface area contributed by atoms with Gasteiger partial charge in [-0.1, -0.05) is 57.6 Å². The van der Waals surface area contributed by atoms with Gasteiger partial charge in [-0.25, -0.2) is 9.97 Å². The Hall–Kier alpha value is -1.90. The Morgan fingerprint density at radius 2 is 1.76 bits per heavy atom. The summed E-state index contributed by atoms with van der Waals surface area (Å²) in [5, 5.41) is 0. The highest BCUT2D eigenvalue weighted by Crippen LogP contribution is 2.35. The fraction of sp³-hybridized carbons (Fsp3) is 0.545. The number of ether oxygens (including phenoxy) is 1. The van der Waals surface area contributed by atoms with E-state index in [9.17, 15) is 0 Å². The summed E-state index contributed by atoms with van der Waals surface area (Å²) in [6.07, 6.45) is 14.3. The average Bonchev–Trinajstić information content (AvgIpc) is 2.68. The summed E-state index contributed by atoms with van der Waals surface area (Å²) >= 11 is 0. The van der Waals surface area contributed by atoms with Crippen LogP contribution >= 0.6 is 0 Å². The SMILES string of the molecule is CCCC1CCC(CCc2cncnc2-c2ccccc2OC)CC1. The Bertz CT molecular complexity index is 663. The second kappa shape index (κ2) is 8.98. The summed E-state index contributed by atoms with van der Waals surface area (Å²) in [6.45, 7) is 2.31. The number of rotatable bonds is 7. The second-order valence-electron chi connectivity index (χ2n) is 7.31. The fourth-order valence-electron chi connectivity index (χ4n) is 4.20. The van der Waals surface area contributed by atoms with E-state index < -0.39 is 0 Å². The number of hydrogen-bond acceptors (Lipinski definition) is 3. The van der Waals surface area contributed by atoms with Crippen molar-refractivity contribution in [3.05, 3.63) is 42.4 Å². The molecule has 0 spiro atoms. The van der Waals surface area contributed by atoms with Crippen LogP contribution in [0.25, 0.3) is 11.3 Å². The van der Waals surface area contributed by atoms with Gasteiger partial charge < -0.3 is 4.74 Å². The van der Waals surface area contributed by atoms with E-state index in [1.165, 1.54) is 50.5 Å². The zero-order valence-corrected chi connectivity index (χ0v) is 15.6. The molecule has 3 nitrogen and oxygen atoms in total. The van der Waals surface area contributed by atoms with Crippen LogP contribution in [0, 0.1) is 11.8 Å².